The van der Waals surface area contributed by atoms with Crippen LogP contribution < -0.4 is 15.1 Å². The number of carbonyl (C=O) groups is 1. The topological polar surface area (TPSA) is 123 Å². The number of carboxylic acid groups (broad SMARTS) is 1. The minimum Gasteiger partial charge on any atom is -0.478 e. The molecule has 0 radical (unpaired) electrons. The average molecular weight is 565 g/mol. The highest BCUT2D eigenvalue weighted by molar-refractivity contribution is 5.94. The van der Waals surface area contributed by atoms with Gasteiger partial charge >= 0.3 is 12.1 Å². The Bertz CT molecular complexity index is 1670. The molecule has 41 heavy (non-hydrogen) atoms. The molecule has 2 aromatic heterocycles. The molecule has 13 heteroatoms. The molecule has 1 saturated heterocycles. The molecule has 2 aromatic carbocycles. The maximum atomic E-state index is 13.5. The second-order valence-electron chi connectivity index (χ2n) is 9.95. The summed E-state index contributed by atoms with van der Waals surface area (Å²) >= 11 is 0. The molecule has 4 aromatic rings. The van der Waals surface area contributed by atoms with Crippen LogP contribution in [-0.4, -0.2) is 57.0 Å². The predicted octanol–water partition coefficient (Wildman–Crippen LogP) is 4.76. The van der Waals surface area contributed by atoms with Crippen LogP contribution in [-0.2, 0) is 13.2 Å². The Balaban J connectivity index is 1.47. The number of nitrogens with one attached hydrogen (secondary N) is 1. The van der Waals surface area contributed by atoms with E-state index in [4.69, 9.17) is 4.98 Å². The molecule has 1 fully saturated rings. The van der Waals surface area contributed by atoms with Crippen LogP contribution in [0.5, 0.6) is 0 Å². The van der Waals surface area contributed by atoms with E-state index in [2.05, 4.69) is 21.5 Å². The van der Waals surface area contributed by atoms with Gasteiger partial charge in [0.15, 0.2) is 17.2 Å². The number of benzene rings is 2. The lowest BCUT2D eigenvalue weighted by atomic mass is 10.0. The van der Waals surface area contributed by atoms with Gasteiger partial charge in [0.2, 0.25) is 0 Å². The van der Waals surface area contributed by atoms with Crippen LogP contribution >= 0.6 is 0 Å². The van der Waals surface area contributed by atoms with E-state index in [1.807, 2.05) is 30.9 Å². The zero-order chi connectivity index (χ0) is 29.5. The summed E-state index contributed by atoms with van der Waals surface area (Å²) in [7, 11) is 1.45. The summed E-state index contributed by atoms with van der Waals surface area (Å²) in [5, 5.41) is 26.4. The Hall–Kier alpha value is -4.86. The first kappa shape index (κ1) is 27.7. The number of rotatable bonds is 6. The maximum absolute atomic E-state index is 13.5. The number of nitriles is 1. The van der Waals surface area contributed by atoms with Crippen LogP contribution in [0.25, 0.3) is 11.0 Å². The van der Waals surface area contributed by atoms with E-state index in [0.717, 1.165) is 15.8 Å². The van der Waals surface area contributed by atoms with Gasteiger partial charge in [-0.3, -0.25) is 4.68 Å². The number of aromatic nitrogens is 4. The number of anilines is 3. The van der Waals surface area contributed by atoms with Gasteiger partial charge in [0.25, 0.3) is 0 Å². The van der Waals surface area contributed by atoms with Crippen molar-refractivity contribution in [3.8, 4) is 6.07 Å². The molecule has 0 unspecified atom stereocenters. The molecule has 5 rings (SSSR count). The third-order valence-electron chi connectivity index (χ3n) is 7.03. The van der Waals surface area contributed by atoms with E-state index in [9.17, 15) is 28.3 Å². The highest BCUT2D eigenvalue weighted by Gasteiger charge is 2.39. The normalized spacial score (nSPS) is 14.7. The third kappa shape index (κ3) is 5.45. The minimum absolute atomic E-state index is 0.0176. The van der Waals surface area contributed by atoms with Crippen LogP contribution in [0.3, 0.4) is 0 Å². The number of alkyl halides is 3. The molecule has 2 N–H and O–H groups in total. The number of halogens is 3. The first-order chi connectivity index (χ1) is 19.5. The molecule has 10 nitrogen and oxygen atoms in total. The molecule has 1 aliphatic heterocycles. The molecular formula is C28H27F3N8O2. The van der Waals surface area contributed by atoms with Crippen LogP contribution in [0.1, 0.15) is 45.8 Å². The second-order valence-corrected chi connectivity index (χ2v) is 9.95. The fourth-order valence-electron chi connectivity index (χ4n) is 5.12. The lowest BCUT2D eigenvalue weighted by Gasteiger charge is -2.36. The lowest BCUT2D eigenvalue weighted by molar-refractivity contribution is -0.141. The SMILES string of the molecule is Cc1cc([C@@H](C)Nc2ccccc2C(=O)O)c2nc(N3CCN(c4cn(C)nc4C(F)(F)F)CC3)c(C#N)nc2c1. The van der Waals surface area contributed by atoms with Crippen molar-refractivity contribution in [3.05, 3.63) is 70.7 Å². The van der Waals surface area contributed by atoms with Gasteiger partial charge in [-0.1, -0.05) is 18.2 Å². The molecule has 0 aliphatic carbocycles. The number of carboxylic acids is 1. The number of aromatic carboxylic acids is 1. The van der Waals surface area contributed by atoms with Gasteiger partial charge in [-0.2, -0.15) is 23.5 Å². The lowest BCUT2D eigenvalue weighted by Crippen LogP contribution is -2.47. The summed E-state index contributed by atoms with van der Waals surface area (Å²) in [6.45, 7) is 4.96. The van der Waals surface area contributed by atoms with E-state index in [1.165, 1.54) is 19.3 Å². The summed E-state index contributed by atoms with van der Waals surface area (Å²) in [4.78, 5) is 24.7. The molecule has 0 bridgehead atoms. The summed E-state index contributed by atoms with van der Waals surface area (Å²) < 4.78 is 41.8. The van der Waals surface area contributed by atoms with Gasteiger partial charge < -0.3 is 20.2 Å². The number of aryl methyl sites for hydroxylation is 2. The fraction of sp³-hybridized carbons (Fsp3) is 0.321. The van der Waals surface area contributed by atoms with Gasteiger partial charge in [0.05, 0.1) is 28.3 Å². The van der Waals surface area contributed by atoms with Crippen molar-refractivity contribution < 1.29 is 23.1 Å². The van der Waals surface area contributed by atoms with E-state index < -0.39 is 17.8 Å². The van der Waals surface area contributed by atoms with Gasteiger partial charge in [0, 0.05) is 50.7 Å². The Morgan fingerprint density at radius 1 is 1.12 bits per heavy atom. The molecule has 1 aliphatic rings. The van der Waals surface area contributed by atoms with Crippen LogP contribution in [0.15, 0.2) is 42.6 Å². The Kier molecular flexibility index (Phi) is 7.17. The van der Waals surface area contributed by atoms with E-state index in [1.54, 1.807) is 23.1 Å². The summed E-state index contributed by atoms with van der Waals surface area (Å²) in [6.07, 6.45) is -3.21. The number of nitrogens with zero attached hydrogens (tertiary/aromatic N) is 7. The van der Waals surface area contributed by atoms with Crippen molar-refractivity contribution in [2.24, 2.45) is 7.05 Å². The number of fused-ring (bicyclic) bond motifs is 1. The summed E-state index contributed by atoms with van der Waals surface area (Å²) in [5.74, 6) is -0.701. The van der Waals surface area contributed by atoms with Crippen molar-refractivity contribution >= 4 is 34.2 Å². The highest BCUT2D eigenvalue weighted by atomic mass is 19.4. The summed E-state index contributed by atoms with van der Waals surface area (Å²) in [5.41, 5.74) is 2.52. The molecule has 0 amide bonds. The van der Waals surface area contributed by atoms with E-state index >= 15 is 0 Å². The van der Waals surface area contributed by atoms with E-state index in [0.29, 0.717) is 35.6 Å². The van der Waals surface area contributed by atoms with Crippen molar-refractivity contribution in [3.63, 3.8) is 0 Å². The van der Waals surface area contributed by atoms with Crippen molar-refractivity contribution in [2.45, 2.75) is 26.1 Å². The predicted molar refractivity (Wildman–Crippen MR) is 147 cm³/mol. The third-order valence-corrected chi connectivity index (χ3v) is 7.03. The van der Waals surface area contributed by atoms with Gasteiger partial charge in [-0.05, 0) is 37.6 Å². The Labute approximate surface area is 233 Å². The number of para-hydroxylation sites is 1. The molecule has 212 valence electrons. The molecule has 0 spiro atoms. The number of hydrogen-bond acceptors (Lipinski definition) is 8. The number of hydrogen-bond donors (Lipinski definition) is 2. The molecule has 0 saturated carbocycles. The maximum Gasteiger partial charge on any atom is 0.437 e. The average Bonchev–Trinajstić information content (AvgIpc) is 3.34. The Morgan fingerprint density at radius 3 is 2.46 bits per heavy atom. The quantitative estimate of drug-likeness (QED) is 0.341. The minimum atomic E-state index is -4.57. The standard InChI is InChI=1S/C28H27F3N8O2/c1-16-12-19(17(2)33-20-7-5-4-6-18(20)27(40)41)24-21(13-16)34-22(14-32)26(35-24)39-10-8-38(9-11-39)23-15-37(3)36-25(23)28(29,30)31/h4-7,12-13,15,17,33H,8-11H2,1-3H3,(H,40,41)/t17-/m1/s1. The Morgan fingerprint density at radius 2 is 1.80 bits per heavy atom. The molecule has 3 heterocycles. The van der Waals surface area contributed by atoms with Gasteiger partial charge in [-0.15, -0.1) is 0 Å². The van der Waals surface area contributed by atoms with E-state index in [-0.39, 0.29) is 36.1 Å². The molecule has 1 atom stereocenters. The second kappa shape index (κ2) is 10.6. The first-order valence-electron chi connectivity index (χ1n) is 12.9. The first-order valence-corrected chi connectivity index (χ1v) is 12.9. The fourth-order valence-corrected chi connectivity index (χ4v) is 5.12. The smallest absolute Gasteiger partial charge is 0.437 e. The zero-order valence-corrected chi connectivity index (χ0v) is 22.6. The van der Waals surface area contributed by atoms with Crippen LogP contribution in [0, 0.1) is 18.3 Å². The monoisotopic (exact) mass is 564 g/mol. The highest BCUT2D eigenvalue weighted by Crippen LogP contribution is 2.36. The largest absolute Gasteiger partial charge is 0.478 e. The van der Waals surface area contributed by atoms with Crippen LogP contribution in [0.2, 0.25) is 0 Å². The van der Waals surface area contributed by atoms with Crippen molar-refractivity contribution in [1.29, 1.82) is 5.26 Å². The van der Waals surface area contributed by atoms with Gasteiger partial charge in [0.1, 0.15) is 6.07 Å². The number of piperazine rings is 1. The summed E-state index contributed by atoms with van der Waals surface area (Å²) in [6, 6.07) is 12.1. The van der Waals surface area contributed by atoms with Gasteiger partial charge in [-0.25, -0.2) is 14.8 Å². The van der Waals surface area contributed by atoms with Crippen molar-refractivity contribution in [2.75, 3.05) is 41.3 Å². The molecular weight excluding hydrogens is 537 g/mol. The zero-order valence-electron chi connectivity index (χ0n) is 22.6. The van der Waals surface area contributed by atoms with Crippen LogP contribution in [0.4, 0.5) is 30.4 Å². The van der Waals surface area contributed by atoms with Crippen molar-refractivity contribution in [1.82, 2.24) is 19.7 Å².